The van der Waals surface area contributed by atoms with Crippen LogP contribution in [-0.2, 0) is 9.53 Å². The molecular formula is C15H17FN2O3. The first-order chi connectivity index (χ1) is 10.0. The molecule has 1 aromatic carbocycles. The quantitative estimate of drug-likeness (QED) is 0.870. The Morgan fingerprint density at radius 3 is 2.67 bits per heavy atom. The van der Waals surface area contributed by atoms with Crippen LogP contribution in [0.4, 0.5) is 9.18 Å². The largest absolute Gasteiger partial charge is 0.466 e. The second kappa shape index (κ2) is 5.95. The highest BCUT2D eigenvalue weighted by Crippen LogP contribution is 2.32. The van der Waals surface area contributed by atoms with Crippen LogP contribution in [0.15, 0.2) is 35.5 Å². The summed E-state index contributed by atoms with van der Waals surface area (Å²) in [5.74, 6) is -1.07. The molecule has 0 bridgehead atoms. The Bertz CT molecular complexity index is 613. The summed E-state index contributed by atoms with van der Waals surface area (Å²) in [7, 11) is 1.26. The topological polar surface area (TPSA) is 58.6 Å². The second-order valence-corrected chi connectivity index (χ2v) is 4.64. The Kier molecular flexibility index (Phi) is 4.26. The van der Waals surface area contributed by atoms with Gasteiger partial charge < -0.3 is 10.1 Å². The van der Waals surface area contributed by atoms with Crippen molar-refractivity contribution in [1.29, 1.82) is 0 Å². The summed E-state index contributed by atoms with van der Waals surface area (Å²) < 4.78 is 18.8. The molecular weight excluding hydrogens is 275 g/mol. The number of halogens is 1. The second-order valence-electron chi connectivity index (χ2n) is 4.64. The van der Waals surface area contributed by atoms with Crippen LogP contribution in [0.5, 0.6) is 0 Å². The molecule has 1 aliphatic heterocycles. The van der Waals surface area contributed by atoms with Crippen molar-refractivity contribution in [2.24, 2.45) is 0 Å². The molecule has 1 aliphatic rings. The molecule has 21 heavy (non-hydrogen) atoms. The van der Waals surface area contributed by atoms with E-state index in [4.69, 9.17) is 4.74 Å². The number of esters is 1. The fraction of sp³-hybridized carbons (Fsp3) is 0.333. The number of urea groups is 1. The third-order valence-corrected chi connectivity index (χ3v) is 3.53. The van der Waals surface area contributed by atoms with Crippen LogP contribution in [-0.4, -0.2) is 30.6 Å². The van der Waals surface area contributed by atoms with Crippen molar-refractivity contribution in [2.45, 2.75) is 19.9 Å². The summed E-state index contributed by atoms with van der Waals surface area (Å²) in [5, 5.41) is 2.66. The number of rotatable bonds is 3. The predicted molar refractivity (Wildman–Crippen MR) is 74.8 cm³/mol. The summed E-state index contributed by atoms with van der Waals surface area (Å²) in [6.07, 6.45) is 0. The molecule has 1 aromatic rings. The van der Waals surface area contributed by atoms with Crippen LogP contribution < -0.4 is 5.32 Å². The molecule has 0 saturated carbocycles. The zero-order chi connectivity index (χ0) is 15.6. The van der Waals surface area contributed by atoms with Gasteiger partial charge in [-0.25, -0.2) is 14.0 Å². The van der Waals surface area contributed by atoms with Gasteiger partial charge in [0.05, 0.1) is 18.7 Å². The van der Waals surface area contributed by atoms with Crippen LogP contribution >= 0.6 is 0 Å². The van der Waals surface area contributed by atoms with Gasteiger partial charge in [0, 0.05) is 17.8 Å². The normalized spacial score (nSPS) is 18.6. The fourth-order valence-corrected chi connectivity index (χ4v) is 2.48. The lowest BCUT2D eigenvalue weighted by Crippen LogP contribution is -2.48. The third kappa shape index (κ3) is 2.61. The van der Waals surface area contributed by atoms with Crippen LogP contribution in [0, 0.1) is 5.82 Å². The van der Waals surface area contributed by atoms with Gasteiger partial charge in [-0.15, -0.1) is 0 Å². The number of carbonyl (C=O) groups is 2. The maximum atomic E-state index is 14.0. The van der Waals surface area contributed by atoms with Gasteiger partial charge in [0.15, 0.2) is 0 Å². The number of nitrogens with one attached hydrogen (secondary N) is 1. The minimum absolute atomic E-state index is 0.237. The first-order valence-corrected chi connectivity index (χ1v) is 6.62. The molecule has 0 saturated heterocycles. The lowest BCUT2D eigenvalue weighted by Gasteiger charge is -2.34. The minimum atomic E-state index is -0.853. The number of amides is 2. The smallest absolute Gasteiger partial charge is 0.337 e. The van der Waals surface area contributed by atoms with Crippen molar-refractivity contribution in [3.63, 3.8) is 0 Å². The summed E-state index contributed by atoms with van der Waals surface area (Å²) in [4.78, 5) is 25.6. The summed E-state index contributed by atoms with van der Waals surface area (Å²) >= 11 is 0. The lowest BCUT2D eigenvalue weighted by atomic mass is 9.94. The lowest BCUT2D eigenvalue weighted by molar-refractivity contribution is -0.136. The standard InChI is InChI=1S/C15H17FN2O3/c1-4-18-9(2)12(14(19)21-3)13(17-15(18)20)10-7-5-6-8-11(10)16/h5-8,13H,4H2,1-3H3,(H,17,20)/t13-/m0/s1. The van der Waals surface area contributed by atoms with Crippen molar-refractivity contribution in [1.82, 2.24) is 10.2 Å². The Morgan fingerprint density at radius 2 is 2.10 bits per heavy atom. The maximum absolute atomic E-state index is 14.0. The summed E-state index contributed by atoms with van der Waals surface area (Å²) in [6.45, 7) is 3.85. The van der Waals surface area contributed by atoms with Gasteiger partial charge in [-0.3, -0.25) is 4.90 Å². The van der Waals surface area contributed by atoms with Gasteiger partial charge >= 0.3 is 12.0 Å². The summed E-state index contributed by atoms with van der Waals surface area (Å²) in [5.41, 5.74) is 0.951. The molecule has 5 nitrogen and oxygen atoms in total. The predicted octanol–water partition coefficient (Wildman–Crippen LogP) is 2.36. The molecule has 6 heteroatoms. The van der Waals surface area contributed by atoms with E-state index in [9.17, 15) is 14.0 Å². The summed E-state index contributed by atoms with van der Waals surface area (Å²) in [6, 6.07) is 4.82. The van der Waals surface area contributed by atoms with E-state index < -0.39 is 17.8 Å². The van der Waals surface area contributed by atoms with E-state index in [1.165, 1.54) is 24.1 Å². The zero-order valence-corrected chi connectivity index (χ0v) is 12.1. The zero-order valence-electron chi connectivity index (χ0n) is 12.1. The van der Waals surface area contributed by atoms with E-state index in [1.807, 2.05) is 0 Å². The van der Waals surface area contributed by atoms with Crippen LogP contribution in [0.2, 0.25) is 0 Å². The average molecular weight is 292 g/mol. The Hall–Kier alpha value is -2.37. The van der Waals surface area contributed by atoms with Gasteiger partial charge in [0.25, 0.3) is 0 Å². The van der Waals surface area contributed by atoms with Crippen molar-refractivity contribution < 1.29 is 18.7 Å². The van der Waals surface area contributed by atoms with Crippen molar-refractivity contribution in [2.75, 3.05) is 13.7 Å². The fourth-order valence-electron chi connectivity index (χ4n) is 2.48. The van der Waals surface area contributed by atoms with Gasteiger partial charge in [-0.05, 0) is 19.9 Å². The van der Waals surface area contributed by atoms with Crippen molar-refractivity contribution in [3.8, 4) is 0 Å². The van der Waals surface area contributed by atoms with E-state index >= 15 is 0 Å². The number of ether oxygens (including phenoxy) is 1. The number of carbonyl (C=O) groups excluding carboxylic acids is 2. The number of nitrogens with zero attached hydrogens (tertiary/aromatic N) is 1. The van der Waals surface area contributed by atoms with E-state index in [0.29, 0.717) is 12.2 Å². The molecule has 0 aliphatic carbocycles. The molecule has 0 radical (unpaired) electrons. The van der Waals surface area contributed by atoms with Gasteiger partial charge in [0.1, 0.15) is 5.82 Å². The number of allylic oxidation sites excluding steroid dienone is 1. The molecule has 1 atom stereocenters. The molecule has 0 spiro atoms. The van der Waals surface area contributed by atoms with E-state index in [2.05, 4.69) is 5.32 Å². The average Bonchev–Trinajstić information content (AvgIpc) is 2.47. The molecule has 0 unspecified atom stereocenters. The molecule has 0 fully saturated rings. The van der Waals surface area contributed by atoms with Gasteiger partial charge in [-0.1, -0.05) is 18.2 Å². The van der Waals surface area contributed by atoms with Gasteiger partial charge in [-0.2, -0.15) is 0 Å². The van der Waals surface area contributed by atoms with Crippen LogP contribution in [0.25, 0.3) is 0 Å². The molecule has 2 amide bonds. The van der Waals surface area contributed by atoms with Crippen LogP contribution in [0.1, 0.15) is 25.5 Å². The molecule has 112 valence electrons. The SMILES string of the molecule is CCN1C(=O)N[C@@H](c2ccccc2F)C(C(=O)OC)=C1C. The van der Waals surface area contributed by atoms with Crippen LogP contribution in [0.3, 0.4) is 0 Å². The molecule has 0 aromatic heterocycles. The van der Waals surface area contributed by atoms with E-state index in [-0.39, 0.29) is 17.2 Å². The highest BCUT2D eigenvalue weighted by molar-refractivity contribution is 5.94. The van der Waals surface area contributed by atoms with Crippen molar-refractivity contribution >= 4 is 12.0 Å². The maximum Gasteiger partial charge on any atom is 0.337 e. The number of hydrogen-bond donors (Lipinski definition) is 1. The van der Waals surface area contributed by atoms with Crippen molar-refractivity contribution in [3.05, 3.63) is 46.9 Å². The monoisotopic (exact) mass is 292 g/mol. The third-order valence-electron chi connectivity index (χ3n) is 3.53. The Morgan fingerprint density at radius 1 is 1.43 bits per heavy atom. The Balaban J connectivity index is 2.59. The number of hydrogen-bond acceptors (Lipinski definition) is 3. The molecule has 1 N–H and O–H groups in total. The number of methoxy groups -OCH3 is 1. The Labute approximate surface area is 122 Å². The molecule has 2 rings (SSSR count). The van der Waals surface area contributed by atoms with E-state index in [1.54, 1.807) is 26.0 Å². The molecule has 1 heterocycles. The minimum Gasteiger partial charge on any atom is -0.466 e. The number of benzene rings is 1. The first kappa shape index (κ1) is 15.0. The highest BCUT2D eigenvalue weighted by Gasteiger charge is 2.36. The first-order valence-electron chi connectivity index (χ1n) is 6.62. The van der Waals surface area contributed by atoms with Gasteiger partial charge in [0.2, 0.25) is 0 Å². The highest BCUT2D eigenvalue weighted by atomic mass is 19.1. The van der Waals surface area contributed by atoms with E-state index in [0.717, 1.165) is 0 Å².